The van der Waals surface area contributed by atoms with Crippen LogP contribution < -0.4 is 10.1 Å². The number of hydrogen-bond donors (Lipinski definition) is 2. The number of aryl methyl sites for hydroxylation is 2. The molecule has 0 saturated heterocycles. The third kappa shape index (κ3) is 4.47. The number of H-pyrrole nitrogens is 1. The summed E-state index contributed by atoms with van der Waals surface area (Å²) >= 11 is 1.27. The standard InChI is InChI=1S/C23H18FN5O2S/c24-17-6-5-14-3-4-15-10-18(7-8-19(15)31-20(14)11-17)26-21(30)13-32-23-27-22(28-29-23)16-2-1-9-25-12-16/h1-2,5-12H,3-4,13H2,(H,26,30)(H,27,28,29). The van der Waals surface area contributed by atoms with Gasteiger partial charge in [-0.3, -0.25) is 14.9 Å². The molecule has 1 aliphatic rings. The van der Waals surface area contributed by atoms with Crippen LogP contribution in [0.15, 0.2) is 66.1 Å². The molecule has 4 aromatic rings. The van der Waals surface area contributed by atoms with Gasteiger partial charge in [0.25, 0.3) is 0 Å². The molecule has 0 atom stereocenters. The third-order valence-electron chi connectivity index (χ3n) is 4.98. The van der Waals surface area contributed by atoms with Gasteiger partial charge >= 0.3 is 0 Å². The Morgan fingerprint density at radius 1 is 1.12 bits per heavy atom. The molecule has 9 heteroatoms. The number of hydrogen-bond acceptors (Lipinski definition) is 6. The number of aromatic amines is 1. The van der Waals surface area contributed by atoms with Crippen molar-refractivity contribution in [3.05, 3.63) is 77.9 Å². The first-order valence-corrected chi connectivity index (χ1v) is 11.0. The topological polar surface area (TPSA) is 92.8 Å². The second-order valence-electron chi connectivity index (χ2n) is 7.22. The smallest absolute Gasteiger partial charge is 0.234 e. The number of anilines is 1. The van der Waals surface area contributed by atoms with Crippen molar-refractivity contribution in [2.45, 2.75) is 18.0 Å². The van der Waals surface area contributed by atoms with Crippen LogP contribution in [0.25, 0.3) is 11.4 Å². The highest BCUT2D eigenvalue weighted by atomic mass is 32.2. The molecule has 0 saturated carbocycles. The van der Waals surface area contributed by atoms with Gasteiger partial charge in [0.15, 0.2) is 11.0 Å². The van der Waals surface area contributed by atoms with E-state index >= 15 is 0 Å². The van der Waals surface area contributed by atoms with E-state index in [2.05, 4.69) is 25.5 Å². The summed E-state index contributed by atoms with van der Waals surface area (Å²) in [7, 11) is 0. The number of pyridine rings is 1. The zero-order valence-corrected chi connectivity index (χ0v) is 17.7. The van der Waals surface area contributed by atoms with Gasteiger partial charge in [0, 0.05) is 29.7 Å². The molecule has 32 heavy (non-hydrogen) atoms. The molecule has 0 unspecified atom stereocenters. The molecule has 2 aromatic carbocycles. The first kappa shape index (κ1) is 20.2. The fourth-order valence-electron chi connectivity index (χ4n) is 3.44. The van der Waals surface area contributed by atoms with Crippen molar-refractivity contribution in [1.82, 2.24) is 20.2 Å². The summed E-state index contributed by atoms with van der Waals surface area (Å²) in [4.78, 5) is 20.9. The summed E-state index contributed by atoms with van der Waals surface area (Å²) in [5, 5.41) is 10.5. The predicted octanol–water partition coefficient (Wildman–Crippen LogP) is 4.63. The van der Waals surface area contributed by atoms with Crippen LogP contribution in [0.5, 0.6) is 11.5 Å². The van der Waals surface area contributed by atoms with Crippen LogP contribution in [-0.4, -0.2) is 31.8 Å². The average Bonchev–Trinajstić information content (AvgIpc) is 3.21. The highest BCUT2D eigenvalue weighted by Gasteiger charge is 2.16. The van der Waals surface area contributed by atoms with Gasteiger partial charge in [-0.15, -0.1) is 0 Å². The summed E-state index contributed by atoms with van der Waals surface area (Å²) in [6.07, 6.45) is 4.84. The Balaban J connectivity index is 1.21. The monoisotopic (exact) mass is 447 g/mol. The second-order valence-corrected chi connectivity index (χ2v) is 8.18. The second kappa shape index (κ2) is 8.80. The molecular formula is C23H18FN5O2S. The van der Waals surface area contributed by atoms with Crippen molar-refractivity contribution >= 4 is 23.4 Å². The van der Waals surface area contributed by atoms with E-state index in [-0.39, 0.29) is 17.5 Å². The molecule has 0 spiro atoms. The van der Waals surface area contributed by atoms with E-state index < -0.39 is 0 Å². The summed E-state index contributed by atoms with van der Waals surface area (Å²) in [5.74, 6) is 1.44. The summed E-state index contributed by atoms with van der Waals surface area (Å²) in [6.45, 7) is 0. The van der Waals surface area contributed by atoms with Crippen LogP contribution in [-0.2, 0) is 17.6 Å². The molecule has 7 nitrogen and oxygen atoms in total. The molecule has 0 radical (unpaired) electrons. The average molecular weight is 447 g/mol. The molecule has 0 bridgehead atoms. The SMILES string of the molecule is O=C(CSc1nc(-c2cccnc2)n[nH]1)Nc1ccc2c(c1)CCc1ccc(F)cc1O2. The molecule has 5 rings (SSSR count). The number of fused-ring (bicyclic) bond motifs is 2. The fourth-order valence-corrected chi connectivity index (χ4v) is 4.04. The Morgan fingerprint density at radius 2 is 2.03 bits per heavy atom. The van der Waals surface area contributed by atoms with Crippen LogP contribution >= 0.6 is 11.8 Å². The maximum absolute atomic E-state index is 13.6. The summed E-state index contributed by atoms with van der Waals surface area (Å²) < 4.78 is 19.5. The maximum atomic E-state index is 13.6. The van der Waals surface area contributed by atoms with Gasteiger partial charge in [-0.25, -0.2) is 9.37 Å². The van der Waals surface area contributed by atoms with Crippen molar-refractivity contribution in [3.8, 4) is 22.9 Å². The molecule has 2 aromatic heterocycles. The van der Waals surface area contributed by atoms with E-state index in [9.17, 15) is 9.18 Å². The lowest BCUT2D eigenvalue weighted by atomic mass is 10.0. The Labute approximate surface area is 187 Å². The highest BCUT2D eigenvalue weighted by Crippen LogP contribution is 2.35. The minimum absolute atomic E-state index is 0.158. The number of carbonyl (C=O) groups is 1. The predicted molar refractivity (Wildman–Crippen MR) is 119 cm³/mol. The van der Waals surface area contributed by atoms with Gasteiger partial charge < -0.3 is 10.1 Å². The molecular weight excluding hydrogens is 429 g/mol. The summed E-state index contributed by atoms with van der Waals surface area (Å²) in [6, 6.07) is 13.8. The molecule has 160 valence electrons. The largest absolute Gasteiger partial charge is 0.457 e. The van der Waals surface area contributed by atoms with Crippen molar-refractivity contribution in [3.63, 3.8) is 0 Å². The number of halogens is 1. The zero-order chi connectivity index (χ0) is 21.9. The van der Waals surface area contributed by atoms with E-state index in [1.165, 1.54) is 23.9 Å². The van der Waals surface area contributed by atoms with Crippen LogP contribution in [0.3, 0.4) is 0 Å². The maximum Gasteiger partial charge on any atom is 0.234 e. The summed E-state index contributed by atoms with van der Waals surface area (Å²) in [5.41, 5.74) is 3.41. The normalized spacial score (nSPS) is 12.3. The number of benzene rings is 2. The molecule has 1 amide bonds. The lowest BCUT2D eigenvalue weighted by molar-refractivity contribution is -0.113. The van der Waals surface area contributed by atoms with E-state index in [4.69, 9.17) is 4.74 Å². The number of ether oxygens (including phenoxy) is 1. The molecule has 3 heterocycles. The number of rotatable bonds is 5. The van der Waals surface area contributed by atoms with Crippen molar-refractivity contribution in [2.75, 3.05) is 11.1 Å². The van der Waals surface area contributed by atoms with Crippen molar-refractivity contribution in [1.29, 1.82) is 0 Å². The van der Waals surface area contributed by atoms with Crippen molar-refractivity contribution < 1.29 is 13.9 Å². The number of amides is 1. The lowest BCUT2D eigenvalue weighted by Gasteiger charge is -2.11. The highest BCUT2D eigenvalue weighted by molar-refractivity contribution is 7.99. The van der Waals surface area contributed by atoms with Gasteiger partial charge in [0.05, 0.1) is 5.75 Å². The first-order chi connectivity index (χ1) is 15.6. The van der Waals surface area contributed by atoms with E-state index in [1.807, 2.05) is 18.2 Å². The van der Waals surface area contributed by atoms with E-state index in [1.54, 1.807) is 30.6 Å². The van der Waals surface area contributed by atoms with Gasteiger partial charge in [-0.2, -0.15) is 5.10 Å². The minimum Gasteiger partial charge on any atom is -0.457 e. The Hall–Kier alpha value is -3.72. The Morgan fingerprint density at radius 3 is 2.91 bits per heavy atom. The van der Waals surface area contributed by atoms with Gasteiger partial charge in [-0.1, -0.05) is 17.8 Å². The van der Waals surface area contributed by atoms with Crippen LogP contribution in [0.1, 0.15) is 11.1 Å². The zero-order valence-electron chi connectivity index (χ0n) is 16.8. The Kier molecular flexibility index (Phi) is 5.55. The van der Waals surface area contributed by atoms with Gasteiger partial charge in [-0.05, 0) is 60.4 Å². The number of carbonyl (C=O) groups excluding carboxylic acids is 1. The van der Waals surface area contributed by atoms with Gasteiger partial charge in [0.2, 0.25) is 5.91 Å². The van der Waals surface area contributed by atoms with Crippen LogP contribution in [0, 0.1) is 5.82 Å². The number of thioether (sulfide) groups is 1. The molecule has 2 N–H and O–H groups in total. The first-order valence-electron chi connectivity index (χ1n) is 9.99. The lowest BCUT2D eigenvalue weighted by Crippen LogP contribution is -2.14. The number of aromatic nitrogens is 4. The van der Waals surface area contributed by atoms with E-state index in [0.29, 0.717) is 28.2 Å². The van der Waals surface area contributed by atoms with Gasteiger partial charge in [0.1, 0.15) is 17.3 Å². The van der Waals surface area contributed by atoms with Crippen molar-refractivity contribution in [2.24, 2.45) is 0 Å². The van der Waals surface area contributed by atoms with E-state index in [0.717, 1.165) is 29.5 Å². The number of nitrogens with one attached hydrogen (secondary N) is 2. The van der Waals surface area contributed by atoms with Crippen LogP contribution in [0.2, 0.25) is 0 Å². The molecule has 1 aliphatic heterocycles. The third-order valence-corrected chi connectivity index (χ3v) is 5.84. The van der Waals surface area contributed by atoms with Crippen LogP contribution in [0.4, 0.5) is 10.1 Å². The Bertz CT molecular complexity index is 1280. The number of nitrogens with zero attached hydrogens (tertiary/aromatic N) is 3. The molecule has 0 aliphatic carbocycles. The fraction of sp³-hybridized carbons (Fsp3) is 0.130. The minimum atomic E-state index is -0.326. The molecule has 0 fully saturated rings. The quantitative estimate of drug-likeness (QED) is 0.434.